The molecule has 15 heavy (non-hydrogen) atoms. The van der Waals surface area contributed by atoms with Gasteiger partial charge in [0.15, 0.2) is 0 Å². The Hall–Kier alpha value is -1.57. The standard InChI is InChI=1S/C13H12O2/c14-12-13(8-11(13)9-15-12)7-6-10-4-2-1-3-5-10/h1-7,11H,8-9H2/b7-6+/t11-,13+/m1/s1. The highest BCUT2D eigenvalue weighted by Gasteiger charge is 2.64. The second-order valence-electron chi connectivity index (χ2n) is 4.28. The lowest BCUT2D eigenvalue weighted by Crippen LogP contribution is -2.10. The summed E-state index contributed by atoms with van der Waals surface area (Å²) in [6, 6.07) is 10.0. The van der Waals surface area contributed by atoms with Crippen molar-refractivity contribution in [1.82, 2.24) is 0 Å². The molecule has 2 nitrogen and oxygen atoms in total. The van der Waals surface area contributed by atoms with Crippen LogP contribution in [0.15, 0.2) is 36.4 Å². The van der Waals surface area contributed by atoms with Crippen LogP contribution in [0.1, 0.15) is 12.0 Å². The lowest BCUT2D eigenvalue weighted by Gasteiger charge is -2.01. The number of ether oxygens (including phenoxy) is 1. The maximum absolute atomic E-state index is 11.5. The Kier molecular flexibility index (Phi) is 1.72. The summed E-state index contributed by atoms with van der Waals surface area (Å²) < 4.78 is 5.02. The van der Waals surface area contributed by atoms with E-state index < -0.39 is 0 Å². The highest BCUT2D eigenvalue weighted by atomic mass is 16.5. The second kappa shape index (κ2) is 2.96. The van der Waals surface area contributed by atoms with Gasteiger partial charge in [0.1, 0.15) is 0 Å². The van der Waals surface area contributed by atoms with E-state index in [4.69, 9.17) is 4.74 Å². The molecular weight excluding hydrogens is 188 g/mol. The van der Waals surface area contributed by atoms with E-state index in [1.807, 2.05) is 42.5 Å². The lowest BCUT2D eigenvalue weighted by atomic mass is 10.0. The van der Waals surface area contributed by atoms with E-state index >= 15 is 0 Å². The minimum absolute atomic E-state index is 0.0420. The van der Waals surface area contributed by atoms with Gasteiger partial charge in [-0.05, 0) is 12.0 Å². The molecule has 0 aromatic heterocycles. The average molecular weight is 200 g/mol. The Morgan fingerprint density at radius 2 is 2.13 bits per heavy atom. The van der Waals surface area contributed by atoms with Crippen LogP contribution in [-0.4, -0.2) is 12.6 Å². The van der Waals surface area contributed by atoms with Gasteiger partial charge in [-0.25, -0.2) is 0 Å². The van der Waals surface area contributed by atoms with E-state index in [9.17, 15) is 4.79 Å². The van der Waals surface area contributed by atoms with Crippen LogP contribution in [0.5, 0.6) is 0 Å². The van der Waals surface area contributed by atoms with Gasteiger partial charge in [-0.2, -0.15) is 0 Å². The van der Waals surface area contributed by atoms with Crippen molar-refractivity contribution < 1.29 is 9.53 Å². The Morgan fingerprint density at radius 1 is 1.33 bits per heavy atom. The van der Waals surface area contributed by atoms with Crippen molar-refractivity contribution in [2.45, 2.75) is 6.42 Å². The van der Waals surface area contributed by atoms with E-state index in [1.54, 1.807) is 0 Å². The Labute approximate surface area is 88.6 Å². The van der Waals surface area contributed by atoms with Gasteiger partial charge in [-0.3, -0.25) is 4.79 Å². The quantitative estimate of drug-likeness (QED) is 0.684. The topological polar surface area (TPSA) is 26.3 Å². The molecule has 0 spiro atoms. The molecule has 0 N–H and O–H groups in total. The van der Waals surface area contributed by atoms with Crippen molar-refractivity contribution >= 4 is 12.0 Å². The van der Waals surface area contributed by atoms with E-state index in [-0.39, 0.29) is 11.4 Å². The van der Waals surface area contributed by atoms with E-state index in [0.29, 0.717) is 12.5 Å². The van der Waals surface area contributed by atoms with E-state index in [0.717, 1.165) is 12.0 Å². The third-order valence-electron chi connectivity index (χ3n) is 3.32. The second-order valence-corrected chi connectivity index (χ2v) is 4.28. The van der Waals surface area contributed by atoms with Crippen LogP contribution in [0.2, 0.25) is 0 Å². The summed E-state index contributed by atoms with van der Waals surface area (Å²) in [5.74, 6) is 0.393. The molecule has 1 aliphatic carbocycles. The maximum atomic E-state index is 11.5. The van der Waals surface area contributed by atoms with Crippen LogP contribution in [0.4, 0.5) is 0 Å². The molecule has 1 aliphatic heterocycles. The van der Waals surface area contributed by atoms with Gasteiger partial charge in [0.2, 0.25) is 0 Å². The fraction of sp³-hybridized carbons (Fsp3) is 0.308. The molecule has 1 aromatic rings. The molecule has 2 aliphatic rings. The summed E-state index contributed by atoms with van der Waals surface area (Å²) in [5, 5.41) is 0. The number of rotatable bonds is 2. The third-order valence-corrected chi connectivity index (χ3v) is 3.32. The first kappa shape index (κ1) is 8.72. The van der Waals surface area contributed by atoms with Gasteiger partial charge >= 0.3 is 5.97 Å². The van der Waals surface area contributed by atoms with Gasteiger partial charge in [-0.1, -0.05) is 42.5 Å². The monoisotopic (exact) mass is 200 g/mol. The van der Waals surface area contributed by atoms with Crippen LogP contribution in [0.25, 0.3) is 6.08 Å². The van der Waals surface area contributed by atoms with E-state index in [1.165, 1.54) is 0 Å². The molecule has 3 rings (SSSR count). The normalized spacial score (nSPS) is 32.8. The molecule has 2 atom stereocenters. The van der Waals surface area contributed by atoms with Gasteiger partial charge in [0.25, 0.3) is 0 Å². The first-order chi connectivity index (χ1) is 7.31. The number of fused-ring (bicyclic) bond motifs is 1. The fourth-order valence-electron chi connectivity index (χ4n) is 2.20. The highest BCUT2D eigenvalue weighted by molar-refractivity contribution is 5.86. The predicted octanol–water partition coefficient (Wildman–Crippen LogP) is 2.26. The number of benzene rings is 1. The Balaban J connectivity index is 1.82. The molecule has 0 radical (unpaired) electrons. The van der Waals surface area contributed by atoms with Gasteiger partial charge < -0.3 is 4.74 Å². The molecule has 1 saturated carbocycles. The average Bonchev–Trinajstić information content (AvgIpc) is 2.92. The van der Waals surface area contributed by atoms with Crippen molar-refractivity contribution in [2.75, 3.05) is 6.61 Å². The van der Waals surface area contributed by atoms with Gasteiger partial charge in [-0.15, -0.1) is 0 Å². The zero-order chi connectivity index (χ0) is 10.3. The van der Waals surface area contributed by atoms with Crippen LogP contribution < -0.4 is 0 Å². The largest absolute Gasteiger partial charge is 0.465 e. The minimum atomic E-state index is -0.268. The third kappa shape index (κ3) is 1.29. The fourth-order valence-corrected chi connectivity index (χ4v) is 2.20. The maximum Gasteiger partial charge on any atom is 0.316 e. The highest BCUT2D eigenvalue weighted by Crippen LogP contribution is 2.58. The Morgan fingerprint density at radius 3 is 2.73 bits per heavy atom. The van der Waals surface area contributed by atoms with Gasteiger partial charge in [0.05, 0.1) is 12.0 Å². The summed E-state index contributed by atoms with van der Waals surface area (Å²) in [4.78, 5) is 11.5. The minimum Gasteiger partial charge on any atom is -0.465 e. The number of hydrogen-bond acceptors (Lipinski definition) is 2. The van der Waals surface area contributed by atoms with Crippen molar-refractivity contribution in [3.8, 4) is 0 Å². The molecule has 2 heteroatoms. The zero-order valence-corrected chi connectivity index (χ0v) is 8.35. The van der Waals surface area contributed by atoms with Crippen LogP contribution >= 0.6 is 0 Å². The molecule has 1 heterocycles. The van der Waals surface area contributed by atoms with Crippen molar-refractivity contribution in [3.63, 3.8) is 0 Å². The lowest BCUT2D eigenvalue weighted by molar-refractivity contribution is -0.143. The molecule has 0 bridgehead atoms. The summed E-state index contributed by atoms with van der Waals surface area (Å²) in [5.41, 5.74) is 0.868. The van der Waals surface area contributed by atoms with Crippen molar-refractivity contribution in [2.24, 2.45) is 11.3 Å². The van der Waals surface area contributed by atoms with E-state index in [2.05, 4.69) is 0 Å². The molecule has 2 fully saturated rings. The first-order valence-corrected chi connectivity index (χ1v) is 5.23. The van der Waals surface area contributed by atoms with Crippen LogP contribution in [-0.2, 0) is 9.53 Å². The van der Waals surface area contributed by atoms with Crippen LogP contribution in [0, 0.1) is 11.3 Å². The van der Waals surface area contributed by atoms with Crippen molar-refractivity contribution in [3.05, 3.63) is 42.0 Å². The molecule has 1 saturated heterocycles. The molecule has 1 aromatic carbocycles. The Bertz CT molecular complexity index is 421. The summed E-state index contributed by atoms with van der Waals surface area (Å²) in [6.07, 6.45) is 5.00. The SMILES string of the molecule is O=C1OC[C@H]2C[C@]12/C=C/c1ccccc1. The molecular formula is C13H12O2. The molecule has 0 unspecified atom stereocenters. The molecule has 76 valence electrons. The number of carbonyl (C=O) groups is 1. The summed E-state index contributed by atoms with van der Waals surface area (Å²) in [6.45, 7) is 0.609. The van der Waals surface area contributed by atoms with Crippen LogP contribution in [0.3, 0.4) is 0 Å². The zero-order valence-electron chi connectivity index (χ0n) is 8.35. The number of hydrogen-bond donors (Lipinski definition) is 0. The van der Waals surface area contributed by atoms with Gasteiger partial charge in [0, 0.05) is 5.92 Å². The van der Waals surface area contributed by atoms with Crippen molar-refractivity contribution in [1.29, 1.82) is 0 Å². The number of cyclic esters (lactones) is 1. The number of esters is 1. The number of carbonyl (C=O) groups excluding carboxylic acids is 1. The summed E-state index contributed by atoms with van der Waals surface area (Å²) >= 11 is 0. The molecule has 0 amide bonds. The summed E-state index contributed by atoms with van der Waals surface area (Å²) in [7, 11) is 0. The smallest absolute Gasteiger partial charge is 0.316 e. The predicted molar refractivity (Wildman–Crippen MR) is 57.0 cm³/mol. The first-order valence-electron chi connectivity index (χ1n) is 5.23.